The lowest BCUT2D eigenvalue weighted by atomic mass is 9.83. The SMILES string of the molecule is CCCCN(CCCCN(C)C)C(=O)CN1C[C@H](c2ccc3c(c2)CCO3)[C@H](C(=O)O)[C@H]1CCn1cccn1. The second-order valence-corrected chi connectivity index (χ2v) is 11.2. The van der Waals surface area contributed by atoms with Crippen molar-refractivity contribution in [2.45, 2.75) is 64.0 Å². The first-order valence-electron chi connectivity index (χ1n) is 14.5. The van der Waals surface area contributed by atoms with Crippen LogP contribution in [0.15, 0.2) is 36.7 Å². The highest BCUT2D eigenvalue weighted by Gasteiger charge is 2.47. The van der Waals surface area contributed by atoms with Gasteiger partial charge in [-0.15, -0.1) is 0 Å². The number of ether oxygens (including phenoxy) is 1. The van der Waals surface area contributed by atoms with Gasteiger partial charge in [0, 0.05) is 57.0 Å². The molecular weight excluding hydrogens is 494 g/mol. The lowest BCUT2D eigenvalue weighted by molar-refractivity contribution is -0.144. The number of hydrogen-bond donors (Lipinski definition) is 1. The van der Waals surface area contributed by atoms with Gasteiger partial charge in [-0.2, -0.15) is 5.10 Å². The molecule has 0 radical (unpaired) electrons. The number of unbranched alkanes of at least 4 members (excludes halogenated alkanes) is 2. The minimum absolute atomic E-state index is 0.101. The van der Waals surface area contributed by atoms with Gasteiger partial charge in [-0.1, -0.05) is 25.5 Å². The lowest BCUT2D eigenvalue weighted by Gasteiger charge is -2.30. The molecule has 2 aromatic rings. The van der Waals surface area contributed by atoms with Crippen molar-refractivity contribution in [1.82, 2.24) is 24.5 Å². The van der Waals surface area contributed by atoms with Gasteiger partial charge >= 0.3 is 5.97 Å². The first-order chi connectivity index (χ1) is 18.9. The lowest BCUT2D eigenvalue weighted by Crippen LogP contribution is -2.45. The highest BCUT2D eigenvalue weighted by atomic mass is 16.5. The van der Waals surface area contributed by atoms with E-state index in [9.17, 15) is 14.7 Å². The molecular formula is C30H45N5O4. The van der Waals surface area contributed by atoms with Gasteiger partial charge in [0.1, 0.15) is 5.75 Å². The molecule has 9 nitrogen and oxygen atoms in total. The summed E-state index contributed by atoms with van der Waals surface area (Å²) in [7, 11) is 4.14. The molecule has 0 saturated carbocycles. The van der Waals surface area contributed by atoms with E-state index >= 15 is 0 Å². The summed E-state index contributed by atoms with van der Waals surface area (Å²) >= 11 is 0. The maximum absolute atomic E-state index is 13.7. The van der Waals surface area contributed by atoms with Gasteiger partial charge in [-0.05, 0) is 69.6 Å². The van der Waals surface area contributed by atoms with Crippen LogP contribution in [-0.2, 0) is 22.6 Å². The third-order valence-electron chi connectivity index (χ3n) is 8.14. The zero-order chi connectivity index (χ0) is 27.8. The van der Waals surface area contributed by atoms with E-state index in [1.54, 1.807) is 6.20 Å². The first-order valence-corrected chi connectivity index (χ1v) is 14.5. The summed E-state index contributed by atoms with van der Waals surface area (Å²) in [5.74, 6) is -0.592. The van der Waals surface area contributed by atoms with Gasteiger partial charge in [0.25, 0.3) is 0 Å². The number of carbonyl (C=O) groups excluding carboxylic acids is 1. The first kappa shape index (κ1) is 29.1. The Balaban J connectivity index is 1.53. The van der Waals surface area contributed by atoms with E-state index in [1.165, 1.54) is 0 Å². The number of fused-ring (bicyclic) bond motifs is 1. The van der Waals surface area contributed by atoms with E-state index in [2.05, 4.69) is 42.0 Å². The van der Waals surface area contributed by atoms with Gasteiger partial charge in [-0.3, -0.25) is 19.2 Å². The van der Waals surface area contributed by atoms with Crippen molar-refractivity contribution in [2.75, 3.05) is 53.4 Å². The maximum atomic E-state index is 13.7. The third-order valence-corrected chi connectivity index (χ3v) is 8.14. The Hall–Kier alpha value is -2.91. The Labute approximate surface area is 232 Å². The third kappa shape index (κ3) is 7.60. The molecule has 1 saturated heterocycles. The molecule has 4 rings (SSSR count). The van der Waals surface area contributed by atoms with Crippen LogP contribution in [0.2, 0.25) is 0 Å². The molecule has 1 N–H and O–H groups in total. The van der Waals surface area contributed by atoms with Gasteiger partial charge in [0.2, 0.25) is 5.91 Å². The van der Waals surface area contributed by atoms with Gasteiger partial charge in [0.05, 0.1) is 19.1 Å². The Morgan fingerprint density at radius 2 is 1.95 bits per heavy atom. The van der Waals surface area contributed by atoms with Crippen LogP contribution in [0, 0.1) is 5.92 Å². The molecule has 1 aromatic carbocycles. The number of carboxylic acid groups (broad SMARTS) is 1. The average molecular weight is 540 g/mol. The number of benzene rings is 1. The fourth-order valence-corrected chi connectivity index (χ4v) is 6.04. The summed E-state index contributed by atoms with van der Waals surface area (Å²) < 4.78 is 7.53. The van der Waals surface area contributed by atoms with Gasteiger partial charge in [0.15, 0.2) is 0 Å². The van der Waals surface area contributed by atoms with E-state index in [4.69, 9.17) is 4.74 Å². The zero-order valence-electron chi connectivity index (χ0n) is 23.8. The van der Waals surface area contributed by atoms with Crippen molar-refractivity contribution in [3.63, 3.8) is 0 Å². The number of nitrogens with zero attached hydrogens (tertiary/aromatic N) is 5. The molecule has 1 aromatic heterocycles. The Kier molecular flexibility index (Phi) is 10.4. The van der Waals surface area contributed by atoms with Crippen LogP contribution in [0.4, 0.5) is 0 Å². The number of aryl methyl sites for hydroxylation is 1. The molecule has 9 heteroatoms. The van der Waals surface area contributed by atoms with Crippen molar-refractivity contribution in [1.29, 1.82) is 0 Å². The van der Waals surface area contributed by atoms with Crippen molar-refractivity contribution in [3.8, 4) is 5.75 Å². The Bertz CT molecular complexity index is 1070. The number of aliphatic carboxylic acids is 1. The minimum Gasteiger partial charge on any atom is -0.493 e. The summed E-state index contributed by atoms with van der Waals surface area (Å²) in [6.45, 7) is 6.72. The fraction of sp³-hybridized carbons (Fsp3) is 0.633. The minimum atomic E-state index is -0.802. The number of likely N-dealkylation sites (tertiary alicyclic amines) is 1. The largest absolute Gasteiger partial charge is 0.493 e. The topological polar surface area (TPSA) is 91.1 Å². The summed E-state index contributed by atoms with van der Waals surface area (Å²) in [4.78, 5) is 32.7. The summed E-state index contributed by atoms with van der Waals surface area (Å²) in [6, 6.07) is 7.73. The van der Waals surface area contributed by atoms with Gasteiger partial charge < -0.3 is 19.6 Å². The van der Waals surface area contributed by atoms with Crippen LogP contribution in [-0.4, -0.2) is 101 Å². The smallest absolute Gasteiger partial charge is 0.308 e. The molecule has 1 amide bonds. The van der Waals surface area contributed by atoms with Crippen LogP contribution in [0.25, 0.3) is 0 Å². The number of aromatic nitrogens is 2. The molecule has 0 spiro atoms. The monoisotopic (exact) mass is 539 g/mol. The standard InChI is InChI=1S/C30H45N5O4/c1-4-5-15-33(16-7-6-14-32(2)3)28(36)22-34-21-25(23-9-10-27-24(20-23)12-19-39-27)29(30(37)38)26(34)11-18-35-17-8-13-31-35/h8-10,13,17,20,25-26,29H,4-7,11-12,14-16,18-19,21-22H2,1-3H3,(H,37,38)/t25-,26-,29+/m1/s1. The summed E-state index contributed by atoms with van der Waals surface area (Å²) in [5, 5.41) is 14.8. The molecule has 39 heavy (non-hydrogen) atoms. The van der Waals surface area contributed by atoms with Crippen LogP contribution in [0.5, 0.6) is 5.75 Å². The molecule has 3 heterocycles. The maximum Gasteiger partial charge on any atom is 0.308 e. The van der Waals surface area contributed by atoms with Crippen LogP contribution in [0.3, 0.4) is 0 Å². The number of carbonyl (C=O) groups is 2. The van der Waals surface area contributed by atoms with E-state index in [0.717, 1.165) is 68.6 Å². The molecule has 0 bridgehead atoms. The number of rotatable bonds is 15. The number of hydrogen-bond acceptors (Lipinski definition) is 6. The second kappa shape index (κ2) is 13.9. The van der Waals surface area contributed by atoms with Crippen LogP contribution >= 0.6 is 0 Å². The molecule has 214 valence electrons. The van der Waals surface area contributed by atoms with Crippen LogP contribution in [0.1, 0.15) is 56.1 Å². The molecule has 2 aliphatic heterocycles. The van der Waals surface area contributed by atoms with Gasteiger partial charge in [-0.25, -0.2) is 0 Å². The van der Waals surface area contributed by atoms with Crippen molar-refractivity contribution >= 4 is 11.9 Å². The highest BCUT2D eigenvalue weighted by Crippen LogP contribution is 2.41. The average Bonchev–Trinajstić information content (AvgIpc) is 3.66. The van der Waals surface area contributed by atoms with E-state index < -0.39 is 11.9 Å². The van der Waals surface area contributed by atoms with Crippen molar-refractivity contribution in [2.24, 2.45) is 5.92 Å². The Morgan fingerprint density at radius 1 is 1.15 bits per heavy atom. The number of amides is 1. The molecule has 0 aliphatic carbocycles. The van der Waals surface area contributed by atoms with E-state index in [0.29, 0.717) is 26.1 Å². The van der Waals surface area contributed by atoms with E-state index in [-0.39, 0.29) is 24.4 Å². The molecule has 1 fully saturated rings. The Morgan fingerprint density at radius 3 is 2.67 bits per heavy atom. The molecule has 3 atom stereocenters. The molecule has 2 aliphatic rings. The summed E-state index contributed by atoms with van der Waals surface area (Å²) in [6.07, 6.45) is 9.12. The quantitative estimate of drug-likeness (QED) is 0.347. The highest BCUT2D eigenvalue weighted by molar-refractivity contribution is 5.79. The van der Waals surface area contributed by atoms with Crippen molar-refractivity contribution < 1.29 is 19.4 Å². The zero-order valence-corrected chi connectivity index (χ0v) is 23.8. The van der Waals surface area contributed by atoms with Crippen LogP contribution < -0.4 is 4.74 Å². The molecule has 0 unspecified atom stereocenters. The fourth-order valence-electron chi connectivity index (χ4n) is 6.04. The van der Waals surface area contributed by atoms with Crippen molar-refractivity contribution in [3.05, 3.63) is 47.8 Å². The second-order valence-electron chi connectivity index (χ2n) is 11.2. The predicted octanol–water partition coefficient (Wildman–Crippen LogP) is 3.35. The number of carboxylic acids is 1. The predicted molar refractivity (Wildman–Crippen MR) is 151 cm³/mol. The van der Waals surface area contributed by atoms with E-state index in [1.807, 2.05) is 34.0 Å². The normalized spacial score (nSPS) is 20.8. The summed E-state index contributed by atoms with van der Waals surface area (Å²) in [5.41, 5.74) is 2.17.